The van der Waals surface area contributed by atoms with E-state index < -0.39 is 0 Å². The van der Waals surface area contributed by atoms with Crippen LogP contribution >= 0.6 is 0 Å². The highest BCUT2D eigenvalue weighted by Gasteiger charge is 2.05. The molecule has 12 heavy (non-hydrogen) atoms. The van der Waals surface area contributed by atoms with Crippen molar-refractivity contribution in [3.8, 4) is 0 Å². The fourth-order valence-corrected chi connectivity index (χ4v) is 1.04. The van der Waals surface area contributed by atoms with Crippen molar-refractivity contribution < 1.29 is 5.11 Å². The molecule has 0 fully saturated rings. The van der Waals surface area contributed by atoms with Crippen molar-refractivity contribution in [3.05, 3.63) is 12.0 Å². The number of aromatic amines is 1. The summed E-state index contributed by atoms with van der Waals surface area (Å²) in [6.45, 7) is 0.0660. The number of H-pyrrole nitrogens is 1. The Morgan fingerprint density at radius 3 is 3.17 bits per heavy atom. The van der Waals surface area contributed by atoms with Crippen LogP contribution in [0.15, 0.2) is 6.20 Å². The Balaban J connectivity index is 2.48. The summed E-state index contributed by atoms with van der Waals surface area (Å²) in [6, 6.07) is 0. The number of aliphatic hydroxyl groups is 1. The molecule has 0 bridgehead atoms. The molecule has 0 saturated carbocycles. The highest BCUT2D eigenvalue weighted by atomic mass is 16.3. The van der Waals surface area contributed by atoms with Crippen LogP contribution in [0, 0.1) is 0 Å². The lowest BCUT2D eigenvalue weighted by molar-refractivity contribution is 0.296. The lowest BCUT2D eigenvalue weighted by atomic mass is 10.4. The van der Waals surface area contributed by atoms with E-state index in [1.54, 1.807) is 0 Å². The van der Waals surface area contributed by atoms with Gasteiger partial charge in [-0.2, -0.15) is 9.73 Å². The molecule has 0 unspecified atom stereocenters. The van der Waals surface area contributed by atoms with Gasteiger partial charge in [-0.3, -0.25) is 5.10 Å². The summed E-state index contributed by atoms with van der Waals surface area (Å²) < 4.78 is 1.49. The van der Waals surface area contributed by atoms with E-state index in [0.29, 0.717) is 23.6 Å². The maximum atomic E-state index is 8.63. The molecular formula is C6H9N5O. The predicted molar refractivity (Wildman–Crippen MR) is 42.5 cm³/mol. The van der Waals surface area contributed by atoms with Gasteiger partial charge in [-0.15, -0.1) is 0 Å². The molecule has 0 saturated heterocycles. The average Bonchev–Trinajstić information content (AvgIpc) is 2.55. The highest BCUT2D eigenvalue weighted by molar-refractivity contribution is 5.62. The summed E-state index contributed by atoms with van der Waals surface area (Å²) in [5.41, 5.74) is 6.70. The first-order valence-corrected chi connectivity index (χ1v) is 3.60. The van der Waals surface area contributed by atoms with Gasteiger partial charge in [-0.05, 0) is 0 Å². The lowest BCUT2D eigenvalue weighted by Gasteiger charge is -1.86. The normalized spacial score (nSPS) is 11.1. The van der Waals surface area contributed by atoms with Gasteiger partial charge in [-0.1, -0.05) is 0 Å². The summed E-state index contributed by atoms with van der Waals surface area (Å²) in [6.07, 6.45) is 2.02. The number of nitrogens with one attached hydrogen (secondary N) is 1. The molecule has 6 heteroatoms. The van der Waals surface area contributed by atoms with E-state index in [4.69, 9.17) is 10.8 Å². The van der Waals surface area contributed by atoms with Gasteiger partial charge in [-0.25, -0.2) is 4.98 Å². The standard InChI is InChI=1S/C6H9N5O/c7-4-3-8-11-6(4)9-5(10-11)1-2-12/h3,12H,1-2,7H2,(H,9,10). The SMILES string of the molecule is Nc1cnn2[nH]c(CCO)nc12. The topological polar surface area (TPSA) is 92.2 Å². The molecule has 0 atom stereocenters. The number of nitrogens with zero attached hydrogens (tertiary/aromatic N) is 3. The summed E-state index contributed by atoms with van der Waals surface area (Å²) >= 11 is 0. The van der Waals surface area contributed by atoms with E-state index in [1.807, 2.05) is 0 Å². The molecule has 0 aliphatic rings. The average molecular weight is 167 g/mol. The third-order valence-corrected chi connectivity index (χ3v) is 1.60. The third kappa shape index (κ3) is 0.928. The van der Waals surface area contributed by atoms with Gasteiger partial charge in [0.2, 0.25) is 0 Å². The van der Waals surface area contributed by atoms with Crippen molar-refractivity contribution in [1.29, 1.82) is 0 Å². The fourth-order valence-electron chi connectivity index (χ4n) is 1.04. The number of hydrogen-bond acceptors (Lipinski definition) is 4. The molecule has 0 aliphatic carbocycles. The first kappa shape index (κ1) is 7.11. The summed E-state index contributed by atoms with van der Waals surface area (Å²) in [4.78, 5) is 4.12. The number of nitrogen functional groups attached to an aromatic ring is 1. The quantitative estimate of drug-likeness (QED) is 0.544. The van der Waals surface area contributed by atoms with Crippen LogP contribution in [0.2, 0.25) is 0 Å². The first-order valence-electron chi connectivity index (χ1n) is 3.60. The van der Waals surface area contributed by atoms with E-state index in [2.05, 4.69) is 15.2 Å². The minimum Gasteiger partial charge on any atom is -0.396 e. The lowest BCUT2D eigenvalue weighted by Crippen LogP contribution is -1.94. The molecular weight excluding hydrogens is 158 g/mol. The Hall–Kier alpha value is -1.56. The van der Waals surface area contributed by atoms with E-state index in [-0.39, 0.29) is 6.61 Å². The minimum atomic E-state index is 0.0660. The molecule has 0 aromatic carbocycles. The van der Waals surface area contributed by atoms with Gasteiger partial charge < -0.3 is 10.8 Å². The van der Waals surface area contributed by atoms with Crippen molar-refractivity contribution in [1.82, 2.24) is 19.8 Å². The zero-order valence-corrected chi connectivity index (χ0v) is 6.36. The third-order valence-electron chi connectivity index (χ3n) is 1.60. The number of aromatic nitrogens is 4. The molecule has 2 rings (SSSR count). The van der Waals surface area contributed by atoms with Crippen molar-refractivity contribution in [2.75, 3.05) is 12.3 Å². The maximum Gasteiger partial charge on any atom is 0.198 e. The number of hydrogen-bond donors (Lipinski definition) is 3. The number of aliphatic hydroxyl groups excluding tert-OH is 1. The smallest absolute Gasteiger partial charge is 0.198 e. The van der Waals surface area contributed by atoms with E-state index in [1.165, 1.54) is 10.8 Å². The van der Waals surface area contributed by atoms with Crippen molar-refractivity contribution in [3.63, 3.8) is 0 Å². The van der Waals surface area contributed by atoms with Crippen LogP contribution in [0.4, 0.5) is 5.69 Å². The van der Waals surface area contributed by atoms with E-state index in [9.17, 15) is 0 Å². The zero-order valence-electron chi connectivity index (χ0n) is 6.36. The van der Waals surface area contributed by atoms with Gasteiger partial charge in [0, 0.05) is 6.42 Å². The summed E-state index contributed by atoms with van der Waals surface area (Å²) in [5.74, 6) is 0.687. The van der Waals surface area contributed by atoms with Crippen molar-refractivity contribution >= 4 is 11.3 Å². The summed E-state index contributed by atoms with van der Waals surface area (Å²) in [5, 5.41) is 15.4. The fraction of sp³-hybridized carbons (Fsp3) is 0.333. The highest BCUT2D eigenvalue weighted by Crippen LogP contribution is 2.08. The molecule has 64 valence electrons. The monoisotopic (exact) mass is 167 g/mol. The minimum absolute atomic E-state index is 0.0660. The van der Waals surface area contributed by atoms with Gasteiger partial charge in [0.1, 0.15) is 5.82 Å². The van der Waals surface area contributed by atoms with Crippen LogP contribution in [0.3, 0.4) is 0 Å². The van der Waals surface area contributed by atoms with Crippen molar-refractivity contribution in [2.24, 2.45) is 0 Å². The van der Waals surface area contributed by atoms with Crippen LogP contribution < -0.4 is 5.73 Å². The van der Waals surface area contributed by atoms with E-state index in [0.717, 1.165) is 0 Å². The van der Waals surface area contributed by atoms with Crippen molar-refractivity contribution in [2.45, 2.75) is 6.42 Å². The second-order valence-corrected chi connectivity index (χ2v) is 2.48. The molecule has 0 spiro atoms. The van der Waals surface area contributed by atoms with Crippen LogP contribution in [0.1, 0.15) is 5.82 Å². The molecule has 0 radical (unpaired) electrons. The molecule has 4 N–H and O–H groups in total. The molecule has 2 aromatic heterocycles. The van der Waals surface area contributed by atoms with Crippen LogP contribution in [0.25, 0.3) is 5.65 Å². The number of anilines is 1. The summed E-state index contributed by atoms with van der Waals surface area (Å²) in [7, 11) is 0. The molecule has 2 heterocycles. The maximum absolute atomic E-state index is 8.63. The number of rotatable bonds is 2. The first-order chi connectivity index (χ1) is 5.81. The number of fused-ring (bicyclic) bond motifs is 1. The van der Waals surface area contributed by atoms with Crippen LogP contribution in [-0.2, 0) is 6.42 Å². The zero-order chi connectivity index (χ0) is 8.55. The number of nitrogens with two attached hydrogens (primary N) is 1. The second kappa shape index (κ2) is 2.49. The Kier molecular flexibility index (Phi) is 1.47. The molecule has 6 nitrogen and oxygen atoms in total. The molecule has 2 aromatic rings. The Labute approximate surface area is 68.0 Å². The molecule has 0 aliphatic heterocycles. The van der Waals surface area contributed by atoms with Gasteiger partial charge >= 0.3 is 0 Å². The van der Waals surface area contributed by atoms with Crippen LogP contribution in [0.5, 0.6) is 0 Å². The van der Waals surface area contributed by atoms with Gasteiger partial charge in [0.05, 0.1) is 18.5 Å². The largest absolute Gasteiger partial charge is 0.396 e. The van der Waals surface area contributed by atoms with Crippen LogP contribution in [-0.4, -0.2) is 31.5 Å². The van der Waals surface area contributed by atoms with E-state index >= 15 is 0 Å². The Bertz CT molecular complexity index is 389. The molecule has 0 amide bonds. The predicted octanol–water partition coefficient (Wildman–Crippen LogP) is -0.826. The van der Waals surface area contributed by atoms with Gasteiger partial charge in [0.25, 0.3) is 0 Å². The Morgan fingerprint density at radius 1 is 1.67 bits per heavy atom. The van der Waals surface area contributed by atoms with Gasteiger partial charge in [0.15, 0.2) is 5.65 Å². The second-order valence-electron chi connectivity index (χ2n) is 2.48. The Morgan fingerprint density at radius 2 is 2.50 bits per heavy atom.